The van der Waals surface area contributed by atoms with E-state index in [-0.39, 0.29) is 11.6 Å². The van der Waals surface area contributed by atoms with Crippen molar-refractivity contribution < 1.29 is 5.11 Å². The molecule has 20 heavy (non-hydrogen) atoms. The van der Waals surface area contributed by atoms with Crippen LogP contribution in [0.15, 0.2) is 41.7 Å². The minimum absolute atomic E-state index is 0.114. The van der Waals surface area contributed by atoms with Gasteiger partial charge in [-0.3, -0.25) is 0 Å². The van der Waals surface area contributed by atoms with Gasteiger partial charge in [-0.1, -0.05) is 30.4 Å². The summed E-state index contributed by atoms with van der Waals surface area (Å²) in [5, 5.41) is 9.76. The molecule has 0 spiro atoms. The number of aromatic hydroxyl groups is 1. The molecule has 7 N–H and O–H groups in total. The normalized spacial score (nSPS) is 14.9. The van der Waals surface area contributed by atoms with Crippen LogP contribution in [0.25, 0.3) is 5.70 Å². The highest BCUT2D eigenvalue weighted by atomic mass is 16.3. The maximum atomic E-state index is 9.76. The third-order valence-electron chi connectivity index (χ3n) is 3.34. The standard InChI is InChI=1S/C16H19N3O/c17-14(13-6-1-2-7-15(13)20)10-12(16(18)19)9-8-11-4-3-5-11/h1-2,6-7,10-11,20H,3-5,17-19H2/b14-10-. The number of para-hydroxylation sites is 1. The lowest BCUT2D eigenvalue weighted by molar-refractivity contribution is 0.401. The molecule has 0 heterocycles. The van der Waals surface area contributed by atoms with E-state index in [9.17, 15) is 5.11 Å². The summed E-state index contributed by atoms with van der Waals surface area (Å²) in [6.07, 6.45) is 5.09. The molecule has 0 radical (unpaired) electrons. The minimum atomic E-state index is 0.114. The molecule has 104 valence electrons. The highest BCUT2D eigenvalue weighted by Crippen LogP contribution is 2.25. The van der Waals surface area contributed by atoms with Gasteiger partial charge in [0.2, 0.25) is 0 Å². The van der Waals surface area contributed by atoms with E-state index in [1.807, 2.05) is 0 Å². The first kappa shape index (κ1) is 13.9. The molecule has 0 aromatic heterocycles. The summed E-state index contributed by atoms with van der Waals surface area (Å²) in [5.41, 5.74) is 18.7. The van der Waals surface area contributed by atoms with Crippen molar-refractivity contribution >= 4 is 5.70 Å². The van der Waals surface area contributed by atoms with Crippen LogP contribution in [0, 0.1) is 17.8 Å². The molecule has 0 amide bonds. The van der Waals surface area contributed by atoms with Crippen LogP contribution in [0.3, 0.4) is 0 Å². The van der Waals surface area contributed by atoms with Crippen LogP contribution < -0.4 is 17.2 Å². The van der Waals surface area contributed by atoms with Gasteiger partial charge in [0.25, 0.3) is 0 Å². The van der Waals surface area contributed by atoms with Crippen LogP contribution in [0.5, 0.6) is 5.75 Å². The second kappa shape index (κ2) is 6.07. The first-order valence-electron chi connectivity index (χ1n) is 6.60. The number of phenols is 1. The largest absolute Gasteiger partial charge is 0.507 e. The van der Waals surface area contributed by atoms with Crippen LogP contribution in [0.4, 0.5) is 0 Å². The predicted octanol–water partition coefficient (Wildman–Crippen LogP) is 1.62. The fraction of sp³-hybridized carbons (Fsp3) is 0.250. The van der Waals surface area contributed by atoms with E-state index >= 15 is 0 Å². The maximum Gasteiger partial charge on any atom is 0.124 e. The van der Waals surface area contributed by atoms with Crippen LogP contribution in [0.1, 0.15) is 24.8 Å². The lowest BCUT2D eigenvalue weighted by Crippen LogP contribution is -2.12. The predicted molar refractivity (Wildman–Crippen MR) is 80.8 cm³/mol. The Balaban J connectivity index is 2.27. The molecule has 2 rings (SSSR count). The number of benzene rings is 1. The molecule has 1 fully saturated rings. The van der Waals surface area contributed by atoms with E-state index < -0.39 is 0 Å². The summed E-state index contributed by atoms with van der Waals surface area (Å²) in [4.78, 5) is 0. The Bertz CT molecular complexity index is 612. The third-order valence-corrected chi connectivity index (χ3v) is 3.34. The van der Waals surface area contributed by atoms with Crippen LogP contribution >= 0.6 is 0 Å². The zero-order valence-electron chi connectivity index (χ0n) is 11.3. The molecule has 0 atom stereocenters. The Morgan fingerprint density at radius 1 is 1.20 bits per heavy atom. The van der Waals surface area contributed by atoms with Crippen molar-refractivity contribution in [2.75, 3.05) is 0 Å². The molecular weight excluding hydrogens is 250 g/mol. The Labute approximate surface area is 119 Å². The van der Waals surface area contributed by atoms with Crippen LogP contribution in [-0.2, 0) is 0 Å². The van der Waals surface area contributed by atoms with E-state index in [1.54, 1.807) is 30.3 Å². The molecule has 0 saturated heterocycles. The lowest BCUT2D eigenvalue weighted by atomic mass is 9.86. The third kappa shape index (κ3) is 3.27. The molecule has 1 aromatic carbocycles. The molecule has 4 nitrogen and oxygen atoms in total. The van der Waals surface area contributed by atoms with Crippen molar-refractivity contribution in [1.82, 2.24) is 0 Å². The molecule has 4 heteroatoms. The van der Waals surface area contributed by atoms with E-state index in [0.717, 1.165) is 12.8 Å². The van der Waals surface area contributed by atoms with Gasteiger partial charge >= 0.3 is 0 Å². The summed E-state index contributed by atoms with van der Waals surface area (Å²) in [6.45, 7) is 0. The summed E-state index contributed by atoms with van der Waals surface area (Å²) in [7, 11) is 0. The highest BCUT2D eigenvalue weighted by Gasteiger charge is 2.14. The van der Waals surface area contributed by atoms with E-state index in [0.29, 0.717) is 22.8 Å². The molecule has 1 aliphatic carbocycles. The Morgan fingerprint density at radius 3 is 2.45 bits per heavy atom. The molecule has 0 aliphatic heterocycles. The monoisotopic (exact) mass is 269 g/mol. The summed E-state index contributed by atoms with van der Waals surface area (Å²) >= 11 is 0. The van der Waals surface area contributed by atoms with Gasteiger partial charge in [-0.25, -0.2) is 0 Å². The van der Waals surface area contributed by atoms with Gasteiger partial charge < -0.3 is 22.3 Å². The smallest absolute Gasteiger partial charge is 0.124 e. The number of nitrogens with two attached hydrogens (primary N) is 3. The van der Waals surface area contributed by atoms with Gasteiger partial charge in [0.05, 0.1) is 5.57 Å². The van der Waals surface area contributed by atoms with Crippen molar-refractivity contribution in [1.29, 1.82) is 0 Å². The quantitative estimate of drug-likeness (QED) is 0.484. The Kier molecular flexibility index (Phi) is 4.21. The molecule has 1 aliphatic rings. The molecule has 0 unspecified atom stereocenters. The van der Waals surface area contributed by atoms with Crippen molar-refractivity contribution in [3.63, 3.8) is 0 Å². The summed E-state index contributed by atoms with van der Waals surface area (Å²) in [5.74, 6) is 6.81. The zero-order valence-corrected chi connectivity index (χ0v) is 11.3. The molecular formula is C16H19N3O. The van der Waals surface area contributed by atoms with Gasteiger partial charge in [-0.2, -0.15) is 0 Å². The lowest BCUT2D eigenvalue weighted by Gasteiger charge is -2.18. The average Bonchev–Trinajstić information content (AvgIpc) is 2.35. The molecule has 1 aromatic rings. The van der Waals surface area contributed by atoms with Gasteiger partial charge in [-0.15, -0.1) is 0 Å². The number of hydrogen-bond acceptors (Lipinski definition) is 4. The van der Waals surface area contributed by atoms with Gasteiger partial charge in [0.1, 0.15) is 11.6 Å². The minimum Gasteiger partial charge on any atom is -0.507 e. The SMILES string of the molecule is NC(N)=C(C#CC1CCC1)/C=C(\N)c1ccccc1O. The first-order chi connectivity index (χ1) is 9.58. The van der Waals surface area contributed by atoms with Crippen molar-refractivity contribution in [3.05, 3.63) is 47.3 Å². The summed E-state index contributed by atoms with van der Waals surface area (Å²) < 4.78 is 0. The van der Waals surface area contributed by atoms with Crippen LogP contribution in [-0.4, -0.2) is 5.11 Å². The zero-order chi connectivity index (χ0) is 14.5. The van der Waals surface area contributed by atoms with Crippen LogP contribution in [0.2, 0.25) is 0 Å². The van der Waals surface area contributed by atoms with Crippen molar-refractivity contribution in [2.45, 2.75) is 19.3 Å². The molecule has 1 saturated carbocycles. The fourth-order valence-corrected chi connectivity index (χ4v) is 1.87. The summed E-state index contributed by atoms with van der Waals surface area (Å²) in [6, 6.07) is 6.83. The number of allylic oxidation sites excluding steroid dienone is 2. The Morgan fingerprint density at radius 2 is 1.90 bits per heavy atom. The van der Waals surface area contributed by atoms with Gasteiger partial charge in [0.15, 0.2) is 0 Å². The molecule has 0 bridgehead atoms. The van der Waals surface area contributed by atoms with Crippen molar-refractivity contribution in [2.24, 2.45) is 23.1 Å². The second-order valence-electron chi connectivity index (χ2n) is 4.88. The number of hydrogen-bond donors (Lipinski definition) is 4. The first-order valence-corrected chi connectivity index (χ1v) is 6.60. The average molecular weight is 269 g/mol. The second-order valence-corrected chi connectivity index (χ2v) is 4.88. The van der Waals surface area contributed by atoms with E-state index in [4.69, 9.17) is 17.2 Å². The van der Waals surface area contributed by atoms with Crippen molar-refractivity contribution in [3.8, 4) is 17.6 Å². The topological polar surface area (TPSA) is 98.3 Å². The Hall–Kier alpha value is -2.54. The number of phenolic OH excluding ortho intramolecular Hbond substituents is 1. The number of rotatable bonds is 2. The van der Waals surface area contributed by atoms with Gasteiger partial charge in [-0.05, 0) is 31.1 Å². The fourth-order valence-electron chi connectivity index (χ4n) is 1.87. The maximum absolute atomic E-state index is 9.76. The highest BCUT2D eigenvalue weighted by molar-refractivity contribution is 5.71. The van der Waals surface area contributed by atoms with E-state index in [1.165, 1.54) is 6.42 Å². The van der Waals surface area contributed by atoms with E-state index in [2.05, 4.69) is 11.8 Å². The van der Waals surface area contributed by atoms with Gasteiger partial charge in [0, 0.05) is 17.2 Å².